The van der Waals surface area contributed by atoms with E-state index in [-0.39, 0.29) is 6.61 Å². The molecule has 0 amide bonds. The molecular formula is C21H46ClNO4. The molecule has 0 aromatic heterocycles. The van der Waals surface area contributed by atoms with E-state index in [1.54, 1.807) is 0 Å². The van der Waals surface area contributed by atoms with Gasteiger partial charge in [0.25, 0.3) is 0 Å². The molecule has 0 aliphatic rings. The van der Waals surface area contributed by atoms with Gasteiger partial charge >= 0.3 is 0 Å². The smallest absolute Gasteiger partial charge is 0.203 e. The Morgan fingerprint density at radius 2 is 0.815 bits per heavy atom. The second-order valence-corrected chi connectivity index (χ2v) is 8.81. The predicted molar refractivity (Wildman–Crippen MR) is 105 cm³/mol. The van der Waals surface area contributed by atoms with Crippen LogP contribution in [0.5, 0.6) is 0 Å². The predicted octanol–water partition coefficient (Wildman–Crippen LogP) is 3.34. The summed E-state index contributed by atoms with van der Waals surface area (Å²) in [6, 6.07) is 0. The Balaban J connectivity index is 0. The van der Waals surface area contributed by atoms with E-state index in [0.29, 0.717) is 6.42 Å². The van der Waals surface area contributed by atoms with E-state index in [2.05, 4.69) is 11.2 Å². The minimum Gasteiger partial charge on any atom is -0.312 e. The van der Waals surface area contributed by atoms with E-state index < -0.39 is 10.2 Å². The lowest BCUT2D eigenvalue weighted by atomic mass is 10.0. The molecule has 0 fully saturated rings. The zero-order valence-electron chi connectivity index (χ0n) is 18.5. The molecule has 0 aliphatic heterocycles. The number of hydrogen-bond acceptors (Lipinski definition) is 5. The van der Waals surface area contributed by atoms with Gasteiger partial charge in [-0.3, -0.25) is 0 Å². The Morgan fingerprint density at radius 3 is 1.07 bits per heavy atom. The molecule has 0 aromatic carbocycles. The number of nitrogens with zero attached hydrogens (tertiary/aromatic N) is 1. The zero-order chi connectivity index (χ0) is 20.8. The van der Waals surface area contributed by atoms with Crippen molar-refractivity contribution in [1.29, 1.82) is 0 Å². The first-order valence-electron chi connectivity index (χ1n) is 11.0. The van der Waals surface area contributed by atoms with Crippen LogP contribution in [-0.4, -0.2) is 32.6 Å². The molecule has 166 valence electrons. The first kappa shape index (κ1) is 29.3. The summed E-state index contributed by atoms with van der Waals surface area (Å²) in [4.78, 5) is 2.00. The Labute approximate surface area is 171 Å². The molecule has 5 nitrogen and oxygen atoms in total. The Kier molecular flexibility index (Phi) is 24.3. The highest BCUT2D eigenvalue weighted by Gasteiger charge is 2.15. The first-order valence-corrected chi connectivity index (χ1v) is 12.2. The van der Waals surface area contributed by atoms with Gasteiger partial charge in [0.2, 0.25) is 6.61 Å². The molecule has 0 spiro atoms. The van der Waals surface area contributed by atoms with Crippen LogP contribution in [-0.2, 0) is 4.29 Å². The van der Waals surface area contributed by atoms with E-state index in [0.717, 1.165) is 12.8 Å². The average Bonchev–Trinajstić information content (AvgIpc) is 2.56. The number of halogens is 1. The van der Waals surface area contributed by atoms with Gasteiger partial charge in [0.05, 0.1) is 14.5 Å². The summed E-state index contributed by atoms with van der Waals surface area (Å²) in [5.41, 5.74) is 0. The second kappa shape index (κ2) is 22.4. The van der Waals surface area contributed by atoms with Crippen LogP contribution in [0.15, 0.2) is 0 Å². The van der Waals surface area contributed by atoms with Crippen molar-refractivity contribution in [2.24, 2.45) is 0 Å². The molecular weight excluding hydrogens is 366 g/mol. The highest BCUT2D eigenvalue weighted by Crippen LogP contribution is 2.13. The topological polar surface area (TPSA) is 81.6 Å². The van der Waals surface area contributed by atoms with Gasteiger partial charge < -0.3 is 4.90 Å². The quantitative estimate of drug-likeness (QED) is 0.323. The zero-order valence-corrected chi connectivity index (χ0v) is 19.2. The standard InChI is InChI=1S/C18H37ClO4.C3H9N/c1-2-3-4-5-6-7-8-9-10-11-12-13-14-15-16-17-18-23-19(20,21)22;1-4(2)3/h2-18H2,1H3;1-3H3. The fourth-order valence-electron chi connectivity index (χ4n) is 2.80. The lowest BCUT2D eigenvalue weighted by molar-refractivity contribution is -1.92. The van der Waals surface area contributed by atoms with Gasteiger partial charge in [-0.25, -0.2) is 0 Å². The molecule has 0 radical (unpaired) electrons. The molecule has 0 rings (SSSR count). The molecule has 27 heavy (non-hydrogen) atoms. The Bertz CT molecular complexity index is 271. The van der Waals surface area contributed by atoms with Gasteiger partial charge in [0.15, 0.2) is 0 Å². The van der Waals surface area contributed by atoms with Crippen molar-refractivity contribution in [3.8, 4) is 0 Å². The van der Waals surface area contributed by atoms with Gasteiger partial charge in [0.1, 0.15) is 0 Å². The lowest BCUT2D eigenvalue weighted by Gasteiger charge is -2.12. The molecule has 0 aromatic rings. The molecule has 6 heteroatoms. The van der Waals surface area contributed by atoms with E-state index in [4.69, 9.17) is 0 Å². The molecule has 0 heterocycles. The molecule has 0 saturated heterocycles. The summed E-state index contributed by atoms with van der Waals surface area (Å²) in [5, 5.41) is 0. The summed E-state index contributed by atoms with van der Waals surface area (Å²) >= 11 is 0. The van der Waals surface area contributed by atoms with Crippen LogP contribution in [0.1, 0.15) is 110 Å². The molecule has 0 N–H and O–H groups in total. The Hall–Kier alpha value is 0.0900. The largest absolute Gasteiger partial charge is 0.312 e. The summed E-state index contributed by atoms with van der Waals surface area (Å²) in [6.45, 7) is 2.28. The molecule has 0 aliphatic carbocycles. The van der Waals surface area contributed by atoms with E-state index in [1.165, 1.54) is 83.5 Å². The summed E-state index contributed by atoms with van der Waals surface area (Å²) in [6.07, 6.45) is 20.3. The van der Waals surface area contributed by atoms with Crippen LogP contribution in [0.2, 0.25) is 0 Å². The van der Waals surface area contributed by atoms with Crippen molar-refractivity contribution in [3.63, 3.8) is 0 Å². The Morgan fingerprint density at radius 1 is 0.556 bits per heavy atom. The monoisotopic (exact) mass is 411 g/mol. The van der Waals surface area contributed by atoms with Crippen molar-refractivity contribution in [2.45, 2.75) is 110 Å². The first-order chi connectivity index (χ1) is 12.8. The molecule has 0 atom stereocenters. The molecule has 0 bridgehead atoms. The maximum Gasteiger partial charge on any atom is 0.203 e. The van der Waals surface area contributed by atoms with Crippen LogP contribution in [0, 0.1) is 10.2 Å². The third kappa shape index (κ3) is 37.5. The summed E-state index contributed by atoms with van der Waals surface area (Å²) < 4.78 is 34.7. The number of hydrogen-bond donors (Lipinski definition) is 0. The van der Waals surface area contributed by atoms with Crippen LogP contribution in [0.4, 0.5) is 0 Å². The summed E-state index contributed by atoms with van der Waals surface area (Å²) in [5.74, 6) is 0. The van der Waals surface area contributed by atoms with Crippen molar-refractivity contribution >= 4 is 0 Å². The van der Waals surface area contributed by atoms with Crippen LogP contribution in [0.3, 0.4) is 0 Å². The highest BCUT2D eigenvalue weighted by atomic mass is 35.7. The minimum absolute atomic E-state index is 0.0197. The summed E-state index contributed by atoms with van der Waals surface area (Å²) in [7, 11) is 1.77. The number of rotatable bonds is 18. The average molecular weight is 412 g/mol. The van der Waals surface area contributed by atoms with Gasteiger partial charge in [-0.1, -0.05) is 103 Å². The van der Waals surface area contributed by atoms with Crippen molar-refractivity contribution < 1.29 is 28.5 Å². The van der Waals surface area contributed by atoms with Crippen molar-refractivity contribution in [3.05, 3.63) is 0 Å². The lowest BCUT2D eigenvalue weighted by Crippen LogP contribution is -2.61. The van der Waals surface area contributed by atoms with Gasteiger partial charge in [0, 0.05) is 0 Å². The van der Waals surface area contributed by atoms with E-state index in [1.807, 2.05) is 26.0 Å². The highest BCUT2D eigenvalue weighted by molar-refractivity contribution is 4.49. The normalized spacial score (nSPS) is 11.6. The molecule has 0 unspecified atom stereocenters. The van der Waals surface area contributed by atoms with Crippen LogP contribution >= 0.6 is 0 Å². The van der Waals surface area contributed by atoms with Gasteiger partial charge in [-0.05, 0) is 27.6 Å². The van der Waals surface area contributed by atoms with Crippen molar-refractivity contribution in [2.75, 3.05) is 27.7 Å². The van der Waals surface area contributed by atoms with Crippen LogP contribution in [0.25, 0.3) is 0 Å². The maximum atomic E-state index is 10.2. The van der Waals surface area contributed by atoms with Crippen LogP contribution < -0.4 is 14.0 Å². The fourth-order valence-corrected chi connectivity index (χ4v) is 3.10. The van der Waals surface area contributed by atoms with Gasteiger partial charge in [-0.2, -0.15) is 14.0 Å². The maximum absolute atomic E-state index is 10.2. The fraction of sp³-hybridized carbons (Fsp3) is 1.00. The number of unbranched alkanes of at least 4 members (excludes halogenated alkanes) is 15. The van der Waals surface area contributed by atoms with Crippen molar-refractivity contribution in [1.82, 2.24) is 4.90 Å². The minimum atomic E-state index is -4.23. The SMILES string of the molecule is CCCCCCCCCCCCCCCCCCO[Cl+3]([O-])([O-])[O-].CN(C)C. The van der Waals surface area contributed by atoms with E-state index in [9.17, 15) is 14.0 Å². The van der Waals surface area contributed by atoms with E-state index >= 15 is 0 Å². The third-order valence-electron chi connectivity index (χ3n) is 4.21. The van der Waals surface area contributed by atoms with Gasteiger partial charge in [-0.15, -0.1) is 0 Å². The third-order valence-corrected chi connectivity index (χ3v) is 4.63. The second-order valence-electron chi connectivity index (χ2n) is 7.84. The molecule has 0 saturated carbocycles.